The number of benzene rings is 3. The first kappa shape index (κ1) is 31.9. The lowest BCUT2D eigenvalue weighted by Gasteiger charge is -2.15. The third-order valence-electron chi connectivity index (χ3n) is 6.95. The van der Waals surface area contributed by atoms with Gasteiger partial charge in [-0.15, -0.1) is 10.2 Å². The van der Waals surface area contributed by atoms with Crippen molar-refractivity contribution in [2.45, 2.75) is 36.4 Å². The van der Waals surface area contributed by atoms with Gasteiger partial charge in [0.25, 0.3) is 5.91 Å². The summed E-state index contributed by atoms with van der Waals surface area (Å²) in [7, 11) is -3.57. The van der Waals surface area contributed by atoms with E-state index in [4.69, 9.17) is 4.74 Å². The molecule has 5 rings (SSSR count). The molecule has 0 atom stereocenters. The molecule has 2 amide bonds. The Balaban J connectivity index is 1.23. The first-order valence-electron chi connectivity index (χ1n) is 14.3. The van der Waals surface area contributed by atoms with Crippen molar-refractivity contribution in [2.75, 3.05) is 30.8 Å². The number of carbonyl (C=O) groups is 3. The van der Waals surface area contributed by atoms with Crippen molar-refractivity contribution >= 4 is 45.3 Å². The number of thioether (sulfide) groups is 1. The molecule has 4 aromatic rings. The Morgan fingerprint density at radius 2 is 1.56 bits per heavy atom. The Morgan fingerprint density at radius 3 is 2.22 bits per heavy atom. The summed E-state index contributed by atoms with van der Waals surface area (Å²) in [6.45, 7) is 3.05. The molecule has 1 aliphatic heterocycles. The van der Waals surface area contributed by atoms with Gasteiger partial charge in [-0.2, -0.15) is 4.31 Å². The summed E-state index contributed by atoms with van der Waals surface area (Å²) in [5.74, 6) is -0.634. The number of aromatic nitrogens is 3. The van der Waals surface area contributed by atoms with E-state index in [1.165, 1.54) is 40.3 Å². The van der Waals surface area contributed by atoms with Gasteiger partial charge in [0, 0.05) is 30.0 Å². The van der Waals surface area contributed by atoms with Gasteiger partial charge in [0.2, 0.25) is 15.9 Å². The summed E-state index contributed by atoms with van der Waals surface area (Å²) < 4.78 is 33.8. The predicted octanol–water partition coefficient (Wildman–Crippen LogP) is 3.89. The minimum atomic E-state index is -3.57. The molecule has 1 saturated heterocycles. The van der Waals surface area contributed by atoms with Crippen molar-refractivity contribution in [2.24, 2.45) is 0 Å². The minimum Gasteiger partial charge on any atom is -0.462 e. The number of esters is 1. The zero-order chi connectivity index (χ0) is 31.8. The maximum absolute atomic E-state index is 13.0. The van der Waals surface area contributed by atoms with Crippen molar-refractivity contribution in [3.8, 4) is 5.69 Å². The topological polar surface area (TPSA) is 153 Å². The Bertz CT molecular complexity index is 1750. The lowest BCUT2D eigenvalue weighted by Crippen LogP contribution is -2.28. The van der Waals surface area contributed by atoms with Gasteiger partial charge in [-0.1, -0.05) is 30.0 Å². The molecular weight excluding hydrogens is 617 g/mol. The molecule has 3 aromatic carbocycles. The lowest BCUT2D eigenvalue weighted by atomic mass is 10.2. The van der Waals surface area contributed by atoms with Gasteiger partial charge in [-0.05, 0) is 80.4 Å². The van der Waals surface area contributed by atoms with Gasteiger partial charge in [0.15, 0.2) is 11.0 Å². The fraction of sp³-hybridized carbons (Fsp3) is 0.258. The summed E-state index contributed by atoms with van der Waals surface area (Å²) in [6, 6.07) is 21.6. The lowest BCUT2D eigenvalue weighted by molar-refractivity contribution is -0.113. The van der Waals surface area contributed by atoms with E-state index < -0.39 is 21.9 Å². The highest BCUT2D eigenvalue weighted by molar-refractivity contribution is 7.99. The van der Waals surface area contributed by atoms with Gasteiger partial charge in [-0.25, -0.2) is 13.2 Å². The second-order valence-corrected chi connectivity index (χ2v) is 12.9. The number of hydrogen-bond acceptors (Lipinski definition) is 9. The fourth-order valence-electron chi connectivity index (χ4n) is 4.69. The van der Waals surface area contributed by atoms with Crippen LogP contribution in [0.1, 0.15) is 46.3 Å². The van der Waals surface area contributed by atoms with E-state index in [1.807, 2.05) is 30.3 Å². The number of amides is 2. The first-order valence-corrected chi connectivity index (χ1v) is 16.8. The average Bonchev–Trinajstić information content (AvgIpc) is 3.75. The van der Waals surface area contributed by atoms with E-state index in [2.05, 4.69) is 20.8 Å². The molecule has 2 heterocycles. The molecular formula is C31H32N6O6S2. The number of nitrogens with zero attached hydrogens (tertiary/aromatic N) is 4. The van der Waals surface area contributed by atoms with Crippen molar-refractivity contribution in [1.82, 2.24) is 24.4 Å². The zero-order valence-electron chi connectivity index (χ0n) is 24.5. The second-order valence-electron chi connectivity index (χ2n) is 10.0. The van der Waals surface area contributed by atoms with Crippen LogP contribution in [0.3, 0.4) is 0 Å². The summed E-state index contributed by atoms with van der Waals surface area (Å²) in [5, 5.41) is 14.6. The van der Waals surface area contributed by atoms with Crippen LogP contribution in [0, 0.1) is 0 Å². The highest BCUT2D eigenvalue weighted by Gasteiger charge is 2.27. The van der Waals surface area contributed by atoms with Gasteiger partial charge in [0.1, 0.15) is 0 Å². The summed E-state index contributed by atoms with van der Waals surface area (Å²) in [5.41, 5.74) is 1.98. The molecule has 1 aromatic heterocycles. The van der Waals surface area contributed by atoms with E-state index in [0.29, 0.717) is 40.9 Å². The molecule has 1 fully saturated rings. The van der Waals surface area contributed by atoms with Crippen LogP contribution in [0.5, 0.6) is 0 Å². The monoisotopic (exact) mass is 648 g/mol. The van der Waals surface area contributed by atoms with Crippen molar-refractivity contribution in [1.29, 1.82) is 0 Å². The van der Waals surface area contributed by atoms with Crippen LogP contribution >= 0.6 is 11.8 Å². The van der Waals surface area contributed by atoms with Crippen LogP contribution in [-0.4, -0.2) is 70.7 Å². The Hall–Kier alpha value is -4.53. The highest BCUT2D eigenvalue weighted by Crippen LogP contribution is 2.24. The number of hydrogen-bond donors (Lipinski definition) is 2. The third-order valence-corrected chi connectivity index (χ3v) is 9.80. The molecule has 0 aliphatic carbocycles. The number of nitrogens with one attached hydrogen (secondary N) is 2. The van der Waals surface area contributed by atoms with Crippen LogP contribution in [0.4, 0.5) is 5.69 Å². The first-order chi connectivity index (χ1) is 21.8. The number of sulfonamides is 1. The molecule has 14 heteroatoms. The smallest absolute Gasteiger partial charge is 0.338 e. The van der Waals surface area contributed by atoms with E-state index in [0.717, 1.165) is 18.5 Å². The average molecular weight is 649 g/mol. The minimum absolute atomic E-state index is 0.0314. The van der Waals surface area contributed by atoms with Crippen LogP contribution in [0.2, 0.25) is 0 Å². The molecule has 0 spiro atoms. The number of rotatable bonds is 12. The molecule has 234 valence electrons. The summed E-state index contributed by atoms with van der Waals surface area (Å²) in [4.78, 5) is 37.7. The Morgan fingerprint density at radius 1 is 0.889 bits per heavy atom. The Kier molecular flexibility index (Phi) is 10.3. The zero-order valence-corrected chi connectivity index (χ0v) is 26.1. The Labute approximate surface area is 265 Å². The van der Waals surface area contributed by atoms with Crippen LogP contribution in [0.15, 0.2) is 88.9 Å². The van der Waals surface area contributed by atoms with Crippen LogP contribution in [-0.2, 0) is 26.1 Å². The van der Waals surface area contributed by atoms with Gasteiger partial charge in [0.05, 0.1) is 29.4 Å². The van der Waals surface area contributed by atoms with Crippen molar-refractivity contribution < 1.29 is 27.5 Å². The number of ether oxygens (including phenoxy) is 1. The molecule has 0 bridgehead atoms. The fourth-order valence-corrected chi connectivity index (χ4v) is 6.98. The molecule has 12 nitrogen and oxygen atoms in total. The standard InChI is InChI=1S/C31H32N6O6S2/c1-2-43-30(40)23-10-14-24(15-11-23)33-28(38)21-44-31-35-34-27(37(31)25-8-4-3-5-9-25)20-32-29(39)22-12-16-26(17-13-22)45(41,42)36-18-6-7-19-36/h3-5,8-17H,2,6-7,18-21H2,1H3,(H,32,39)(H,33,38). The second kappa shape index (κ2) is 14.5. The van der Waals surface area contributed by atoms with Crippen molar-refractivity contribution in [3.63, 3.8) is 0 Å². The molecule has 45 heavy (non-hydrogen) atoms. The van der Waals surface area contributed by atoms with E-state index in [-0.39, 0.29) is 29.7 Å². The van der Waals surface area contributed by atoms with E-state index >= 15 is 0 Å². The van der Waals surface area contributed by atoms with Gasteiger partial charge in [-0.3, -0.25) is 14.2 Å². The number of para-hydroxylation sites is 1. The molecule has 1 aliphatic rings. The molecule has 0 radical (unpaired) electrons. The quantitative estimate of drug-likeness (QED) is 0.172. The predicted molar refractivity (Wildman–Crippen MR) is 169 cm³/mol. The van der Waals surface area contributed by atoms with Crippen LogP contribution < -0.4 is 10.6 Å². The third kappa shape index (κ3) is 7.77. The van der Waals surface area contributed by atoms with Gasteiger partial charge < -0.3 is 15.4 Å². The summed E-state index contributed by atoms with van der Waals surface area (Å²) >= 11 is 1.18. The summed E-state index contributed by atoms with van der Waals surface area (Å²) in [6.07, 6.45) is 1.68. The van der Waals surface area contributed by atoms with Crippen molar-refractivity contribution in [3.05, 3.63) is 95.8 Å². The number of anilines is 1. The van der Waals surface area contributed by atoms with Crippen LogP contribution in [0.25, 0.3) is 5.69 Å². The van der Waals surface area contributed by atoms with E-state index in [1.54, 1.807) is 35.8 Å². The van der Waals surface area contributed by atoms with Gasteiger partial charge >= 0.3 is 5.97 Å². The molecule has 2 N–H and O–H groups in total. The molecule has 0 saturated carbocycles. The van der Waals surface area contributed by atoms with E-state index in [9.17, 15) is 22.8 Å². The number of carbonyl (C=O) groups excluding carboxylic acids is 3. The largest absolute Gasteiger partial charge is 0.462 e. The molecule has 0 unspecified atom stereocenters. The highest BCUT2D eigenvalue weighted by atomic mass is 32.2. The maximum atomic E-state index is 13.0. The normalized spacial score (nSPS) is 13.4. The SMILES string of the molecule is CCOC(=O)c1ccc(NC(=O)CSc2nnc(CNC(=O)c3ccc(S(=O)(=O)N4CCCC4)cc3)n2-c2ccccc2)cc1. The maximum Gasteiger partial charge on any atom is 0.338 e.